The molecule has 28 heavy (non-hydrogen) atoms. The predicted molar refractivity (Wildman–Crippen MR) is 102 cm³/mol. The maximum absolute atomic E-state index is 13.3. The molecule has 1 amide bonds. The lowest BCUT2D eigenvalue weighted by Crippen LogP contribution is -2.40. The maximum atomic E-state index is 13.3. The van der Waals surface area contributed by atoms with E-state index in [0.29, 0.717) is 17.2 Å². The van der Waals surface area contributed by atoms with Gasteiger partial charge in [0.25, 0.3) is 0 Å². The molecular weight excluding hydrogens is 387 g/mol. The van der Waals surface area contributed by atoms with Gasteiger partial charge in [-0.1, -0.05) is 42.1 Å². The van der Waals surface area contributed by atoms with E-state index in [-0.39, 0.29) is 17.4 Å². The second-order valence-corrected chi connectivity index (χ2v) is 8.27. The number of amidine groups is 1. The number of allylic oxidation sites excluding steroid dienone is 4. The van der Waals surface area contributed by atoms with Gasteiger partial charge in [0, 0.05) is 11.5 Å². The molecule has 1 aromatic carbocycles. The third-order valence-corrected chi connectivity index (χ3v) is 6.26. The molecule has 146 valence electrons. The summed E-state index contributed by atoms with van der Waals surface area (Å²) in [5, 5.41) is 11.9. The summed E-state index contributed by atoms with van der Waals surface area (Å²) in [5.41, 5.74) is -0.118. The minimum absolute atomic E-state index is 0.0603. The Balaban J connectivity index is 1.83. The molecule has 4 nitrogen and oxygen atoms in total. The molecule has 0 saturated carbocycles. The van der Waals surface area contributed by atoms with Crippen molar-refractivity contribution in [1.82, 2.24) is 5.32 Å². The lowest BCUT2D eigenvalue weighted by molar-refractivity contribution is -0.138. The average molecular weight is 405 g/mol. The van der Waals surface area contributed by atoms with Gasteiger partial charge in [-0.15, -0.1) is 0 Å². The van der Waals surface area contributed by atoms with Crippen LogP contribution in [0.3, 0.4) is 0 Å². The van der Waals surface area contributed by atoms with Gasteiger partial charge >= 0.3 is 6.18 Å². The summed E-state index contributed by atoms with van der Waals surface area (Å²) in [4.78, 5) is 16.9. The number of alkyl halides is 3. The van der Waals surface area contributed by atoms with Crippen molar-refractivity contribution in [3.63, 3.8) is 0 Å². The Morgan fingerprint density at radius 2 is 2.11 bits per heavy atom. The number of thioether (sulfide) groups is 1. The first-order valence-electron chi connectivity index (χ1n) is 8.68. The number of aliphatic imine (C=N–C) groups is 1. The van der Waals surface area contributed by atoms with E-state index in [1.165, 1.54) is 30.0 Å². The highest BCUT2D eigenvalue weighted by Gasteiger charge is 2.47. The molecule has 1 saturated heterocycles. The van der Waals surface area contributed by atoms with E-state index in [9.17, 15) is 18.0 Å². The number of hydrogen-bond acceptors (Lipinski definition) is 4. The Morgan fingerprint density at radius 3 is 2.71 bits per heavy atom. The molecular formula is C20H18F3N3OS. The number of rotatable bonds is 3. The van der Waals surface area contributed by atoms with Crippen LogP contribution in [-0.4, -0.2) is 15.8 Å². The summed E-state index contributed by atoms with van der Waals surface area (Å²) in [6, 6.07) is 6.60. The summed E-state index contributed by atoms with van der Waals surface area (Å²) >= 11 is 1.22. The SMILES string of the molecule is C[C@H](N=C1NC(=O)C(C)(C2C=CC(C#N)=CC2)S1)c1ccccc1C(F)(F)F. The summed E-state index contributed by atoms with van der Waals surface area (Å²) in [5.74, 6) is -0.379. The minimum atomic E-state index is -4.47. The third-order valence-electron chi connectivity index (χ3n) is 4.94. The second kappa shape index (κ2) is 7.47. The van der Waals surface area contributed by atoms with Crippen molar-refractivity contribution in [2.75, 3.05) is 0 Å². The van der Waals surface area contributed by atoms with Crippen LogP contribution in [0, 0.1) is 17.2 Å². The van der Waals surface area contributed by atoms with Crippen molar-refractivity contribution in [2.24, 2.45) is 10.9 Å². The Bertz CT molecular complexity index is 929. The molecule has 1 heterocycles. The summed E-state index contributed by atoms with van der Waals surface area (Å²) in [7, 11) is 0. The van der Waals surface area contributed by atoms with Gasteiger partial charge in [-0.05, 0) is 38.0 Å². The Kier molecular flexibility index (Phi) is 5.39. The van der Waals surface area contributed by atoms with Gasteiger partial charge in [-0.2, -0.15) is 18.4 Å². The number of carbonyl (C=O) groups is 1. The number of carbonyl (C=O) groups excluding carboxylic acids is 1. The number of nitriles is 1. The van der Waals surface area contributed by atoms with Gasteiger partial charge < -0.3 is 5.32 Å². The van der Waals surface area contributed by atoms with E-state index >= 15 is 0 Å². The zero-order valence-corrected chi connectivity index (χ0v) is 16.1. The van der Waals surface area contributed by atoms with Crippen LogP contribution in [0.5, 0.6) is 0 Å². The van der Waals surface area contributed by atoms with Crippen molar-refractivity contribution < 1.29 is 18.0 Å². The number of halogens is 3. The Labute approximate surface area is 165 Å². The van der Waals surface area contributed by atoms with Gasteiger partial charge in [-0.25, -0.2) is 0 Å². The molecule has 3 rings (SSSR count). The van der Waals surface area contributed by atoms with Crippen LogP contribution in [0.1, 0.15) is 37.4 Å². The van der Waals surface area contributed by atoms with Crippen molar-refractivity contribution >= 4 is 22.8 Å². The highest BCUT2D eigenvalue weighted by atomic mass is 32.2. The van der Waals surface area contributed by atoms with Gasteiger partial charge in [0.2, 0.25) is 5.91 Å². The molecule has 1 aromatic rings. The first kappa shape index (κ1) is 20.2. The monoisotopic (exact) mass is 405 g/mol. The molecule has 0 radical (unpaired) electrons. The number of nitrogens with one attached hydrogen (secondary N) is 1. The first-order valence-corrected chi connectivity index (χ1v) is 9.49. The van der Waals surface area contributed by atoms with E-state index in [1.807, 2.05) is 6.08 Å². The molecule has 8 heteroatoms. The fourth-order valence-electron chi connectivity index (χ4n) is 3.27. The fourth-order valence-corrected chi connectivity index (χ4v) is 4.50. The molecule has 2 aliphatic rings. The normalized spacial score (nSPS) is 27.3. The van der Waals surface area contributed by atoms with Crippen LogP contribution in [0.2, 0.25) is 0 Å². The van der Waals surface area contributed by atoms with Crippen molar-refractivity contribution in [2.45, 2.75) is 37.2 Å². The second-order valence-electron chi connectivity index (χ2n) is 6.83. The van der Waals surface area contributed by atoms with Gasteiger partial charge in [0.15, 0.2) is 5.17 Å². The number of amides is 1. The highest BCUT2D eigenvalue weighted by molar-refractivity contribution is 8.16. The first-order chi connectivity index (χ1) is 13.1. The van der Waals surface area contributed by atoms with Gasteiger partial charge in [0.1, 0.15) is 4.75 Å². The van der Waals surface area contributed by atoms with Gasteiger partial charge in [-0.3, -0.25) is 9.79 Å². The van der Waals surface area contributed by atoms with Crippen LogP contribution in [0.25, 0.3) is 0 Å². The largest absolute Gasteiger partial charge is 0.416 e. The minimum Gasteiger partial charge on any atom is -0.304 e. The molecule has 0 aromatic heterocycles. The van der Waals surface area contributed by atoms with Crippen LogP contribution in [0.4, 0.5) is 13.2 Å². The predicted octanol–water partition coefficient (Wildman–Crippen LogP) is 4.77. The molecule has 1 N–H and O–H groups in total. The molecule has 3 atom stereocenters. The summed E-state index contributed by atoms with van der Waals surface area (Å²) in [6.07, 6.45) is 1.36. The van der Waals surface area contributed by atoms with Crippen LogP contribution >= 0.6 is 11.8 Å². The van der Waals surface area contributed by atoms with Crippen molar-refractivity contribution in [1.29, 1.82) is 5.26 Å². The highest BCUT2D eigenvalue weighted by Crippen LogP contribution is 2.43. The van der Waals surface area contributed by atoms with Crippen molar-refractivity contribution in [3.05, 3.63) is 59.2 Å². The number of benzene rings is 1. The quantitative estimate of drug-likeness (QED) is 0.788. The molecule has 1 aliphatic heterocycles. The van der Waals surface area contributed by atoms with Crippen LogP contribution < -0.4 is 5.32 Å². The molecule has 2 unspecified atom stereocenters. The smallest absolute Gasteiger partial charge is 0.304 e. The van der Waals surface area contributed by atoms with Crippen LogP contribution in [0.15, 0.2) is 53.1 Å². The Morgan fingerprint density at radius 1 is 1.39 bits per heavy atom. The zero-order valence-electron chi connectivity index (χ0n) is 15.2. The molecule has 0 bridgehead atoms. The van der Waals surface area contributed by atoms with Gasteiger partial charge in [0.05, 0.1) is 17.7 Å². The lowest BCUT2D eigenvalue weighted by Gasteiger charge is -2.28. The van der Waals surface area contributed by atoms with E-state index in [1.54, 1.807) is 26.0 Å². The summed E-state index contributed by atoms with van der Waals surface area (Å²) < 4.78 is 38.9. The molecule has 1 fully saturated rings. The molecule has 0 spiro atoms. The van der Waals surface area contributed by atoms with E-state index in [2.05, 4.69) is 16.4 Å². The number of hydrogen-bond donors (Lipinski definition) is 1. The van der Waals surface area contributed by atoms with Crippen molar-refractivity contribution in [3.8, 4) is 6.07 Å². The molecule has 1 aliphatic carbocycles. The standard InChI is InChI=1S/C20H18F3N3OS/c1-12(15-5-3-4-6-16(15)20(21,22)23)25-18-26-17(27)19(2,28-18)14-9-7-13(11-24)8-10-14/h3-9,12,14H,10H2,1-2H3,(H,25,26,27)/t12-,14?,19?/m0/s1. The third kappa shape index (κ3) is 3.85. The fraction of sp³-hybridized carbons (Fsp3) is 0.350. The zero-order chi connectivity index (χ0) is 20.5. The van der Waals surface area contributed by atoms with Crippen LogP contribution in [-0.2, 0) is 11.0 Å². The maximum Gasteiger partial charge on any atom is 0.416 e. The van der Waals surface area contributed by atoms with E-state index in [4.69, 9.17) is 5.26 Å². The summed E-state index contributed by atoms with van der Waals surface area (Å²) in [6.45, 7) is 3.35. The lowest BCUT2D eigenvalue weighted by atomic mass is 9.85. The topological polar surface area (TPSA) is 65.2 Å². The van der Waals surface area contributed by atoms with E-state index < -0.39 is 22.5 Å². The number of nitrogens with zero attached hydrogens (tertiary/aromatic N) is 2. The van der Waals surface area contributed by atoms with E-state index in [0.717, 1.165) is 6.07 Å². The Hall–Kier alpha value is -2.53. The average Bonchev–Trinajstić information content (AvgIpc) is 2.95.